The summed E-state index contributed by atoms with van der Waals surface area (Å²) >= 11 is 0. The molecular formula is C36H32N4. The van der Waals surface area contributed by atoms with Crippen molar-refractivity contribution < 1.29 is 0 Å². The lowest BCUT2D eigenvalue weighted by Gasteiger charge is -2.24. The summed E-state index contributed by atoms with van der Waals surface area (Å²) < 4.78 is 0. The van der Waals surface area contributed by atoms with E-state index in [-0.39, 0.29) is 10.8 Å². The van der Waals surface area contributed by atoms with Crippen LogP contribution in [0.3, 0.4) is 0 Å². The van der Waals surface area contributed by atoms with Gasteiger partial charge < -0.3 is 9.97 Å². The fourth-order valence-electron chi connectivity index (χ4n) is 5.88. The molecule has 8 bridgehead atoms. The molecule has 0 atom stereocenters. The van der Waals surface area contributed by atoms with Crippen LogP contribution in [0.25, 0.3) is 11.1 Å². The molecule has 196 valence electrons. The summed E-state index contributed by atoms with van der Waals surface area (Å²) in [6.45, 7) is 8.93. The zero-order valence-corrected chi connectivity index (χ0v) is 23.3. The minimum atomic E-state index is -0.374. The van der Waals surface area contributed by atoms with E-state index in [0.717, 1.165) is 67.9 Å². The first-order valence-electron chi connectivity index (χ1n) is 13.9. The summed E-state index contributed by atoms with van der Waals surface area (Å²) in [6, 6.07) is 29.8. The van der Waals surface area contributed by atoms with Crippen molar-refractivity contribution in [3.63, 3.8) is 0 Å². The van der Waals surface area contributed by atoms with E-state index in [9.17, 15) is 0 Å². The third-order valence-electron chi connectivity index (χ3n) is 8.46. The summed E-state index contributed by atoms with van der Waals surface area (Å²) in [7, 11) is 0. The Hall–Kier alpha value is -4.70. The number of hydrogen-bond acceptors (Lipinski definition) is 2. The Morgan fingerprint density at radius 2 is 0.900 bits per heavy atom. The number of allylic oxidation sites excluding steroid dienone is 4. The molecule has 5 heterocycles. The topological polar surface area (TPSA) is 56.3 Å². The maximum atomic E-state index is 5.23. The Bertz CT molecular complexity index is 1680. The standard InChI is InChI=1S/C36H32N4/c1-35(2)29-19-15-25(37-29)33(23-11-7-5-8-12-23)27-17-21-31(39-27)36(3,4)32-22-18-28(40-32)34(24-13-9-6-10-14-24)26-16-20-30(35)38-26/h5-22,37-38H,1-4H3/b33-27-,34-28-. The molecule has 3 aliphatic rings. The summed E-state index contributed by atoms with van der Waals surface area (Å²) in [6.07, 6.45) is 8.59. The number of rotatable bonds is 2. The SMILES string of the molecule is CC1(C)C2=N/C(=C(/c3ccccc3)c3ccc([nH]3)C(C)(C)c3ccc([nH]3)/C(c3ccccc3)=C3/C=CC1=N3)C=C2. The van der Waals surface area contributed by atoms with E-state index in [2.05, 4.69) is 147 Å². The van der Waals surface area contributed by atoms with Crippen LogP contribution in [0.4, 0.5) is 0 Å². The lowest BCUT2D eigenvalue weighted by molar-refractivity contribution is 0.602. The van der Waals surface area contributed by atoms with Gasteiger partial charge in [-0.1, -0.05) is 60.7 Å². The quantitative estimate of drug-likeness (QED) is 0.267. The van der Waals surface area contributed by atoms with Gasteiger partial charge in [0, 0.05) is 44.8 Å². The third kappa shape index (κ3) is 3.83. The molecule has 3 aliphatic heterocycles. The molecule has 0 spiro atoms. The van der Waals surface area contributed by atoms with E-state index >= 15 is 0 Å². The van der Waals surface area contributed by atoms with Crippen molar-refractivity contribution >= 4 is 22.6 Å². The zero-order valence-electron chi connectivity index (χ0n) is 23.3. The van der Waals surface area contributed by atoms with Crippen LogP contribution in [0.5, 0.6) is 0 Å². The van der Waals surface area contributed by atoms with Gasteiger partial charge in [-0.05, 0) is 87.4 Å². The van der Waals surface area contributed by atoms with Crippen molar-refractivity contribution in [1.29, 1.82) is 0 Å². The molecule has 0 saturated carbocycles. The number of H-pyrrole nitrogens is 2. The van der Waals surface area contributed by atoms with Crippen LogP contribution in [-0.2, 0) is 5.41 Å². The molecule has 4 nitrogen and oxygen atoms in total. The molecule has 0 aliphatic carbocycles. The maximum absolute atomic E-state index is 5.23. The molecule has 0 fully saturated rings. The fraction of sp³-hybridized carbons (Fsp3) is 0.167. The van der Waals surface area contributed by atoms with Gasteiger partial charge in [0.25, 0.3) is 0 Å². The Morgan fingerprint density at radius 1 is 0.475 bits per heavy atom. The second-order valence-electron chi connectivity index (χ2n) is 11.7. The van der Waals surface area contributed by atoms with Gasteiger partial charge in [-0.25, -0.2) is 0 Å². The van der Waals surface area contributed by atoms with Crippen molar-refractivity contribution in [2.24, 2.45) is 15.4 Å². The molecule has 4 heteroatoms. The minimum absolute atomic E-state index is 0.283. The number of fused-ring (bicyclic) bond motifs is 6. The first-order valence-corrected chi connectivity index (χ1v) is 13.9. The summed E-state index contributed by atoms with van der Waals surface area (Å²) in [5, 5.41) is 0. The van der Waals surface area contributed by atoms with Crippen molar-refractivity contribution in [3.8, 4) is 0 Å². The van der Waals surface area contributed by atoms with E-state index < -0.39 is 0 Å². The summed E-state index contributed by atoms with van der Waals surface area (Å²) in [5.74, 6) is 0. The number of aliphatic imine (C=N–C) groups is 2. The Balaban J connectivity index is 1.51. The van der Waals surface area contributed by atoms with E-state index in [1.165, 1.54) is 0 Å². The van der Waals surface area contributed by atoms with Crippen LogP contribution in [0.2, 0.25) is 0 Å². The van der Waals surface area contributed by atoms with Crippen LogP contribution in [0.15, 0.2) is 131 Å². The number of benzene rings is 2. The predicted octanol–water partition coefficient (Wildman–Crippen LogP) is 8.25. The van der Waals surface area contributed by atoms with Gasteiger partial charge in [0.05, 0.1) is 22.8 Å². The molecular weight excluding hydrogens is 488 g/mol. The van der Waals surface area contributed by atoms with Gasteiger partial charge in [-0.15, -0.1) is 0 Å². The van der Waals surface area contributed by atoms with E-state index in [0.29, 0.717) is 0 Å². The normalized spacial score (nSPS) is 22.4. The van der Waals surface area contributed by atoms with Crippen LogP contribution < -0.4 is 0 Å². The molecule has 40 heavy (non-hydrogen) atoms. The first kappa shape index (κ1) is 24.3. The lowest BCUT2D eigenvalue weighted by Crippen LogP contribution is -2.30. The first-order chi connectivity index (χ1) is 19.3. The predicted molar refractivity (Wildman–Crippen MR) is 166 cm³/mol. The monoisotopic (exact) mass is 520 g/mol. The second-order valence-corrected chi connectivity index (χ2v) is 11.7. The zero-order chi connectivity index (χ0) is 27.5. The van der Waals surface area contributed by atoms with Crippen LogP contribution in [-0.4, -0.2) is 21.4 Å². The van der Waals surface area contributed by atoms with Gasteiger partial charge in [-0.3, -0.25) is 9.98 Å². The number of aromatic nitrogens is 2. The van der Waals surface area contributed by atoms with Crippen molar-refractivity contribution in [2.45, 2.75) is 33.1 Å². The third-order valence-corrected chi connectivity index (χ3v) is 8.46. The van der Waals surface area contributed by atoms with Crippen molar-refractivity contribution in [2.75, 3.05) is 0 Å². The highest BCUT2D eigenvalue weighted by atomic mass is 14.9. The molecule has 0 radical (unpaired) electrons. The average Bonchev–Trinajstić information content (AvgIpc) is 3.78. The highest BCUT2D eigenvalue weighted by Crippen LogP contribution is 2.39. The Labute approximate surface area is 235 Å². The smallest absolute Gasteiger partial charge is 0.0733 e. The van der Waals surface area contributed by atoms with Gasteiger partial charge >= 0.3 is 0 Å². The Morgan fingerprint density at radius 3 is 1.32 bits per heavy atom. The molecule has 0 amide bonds. The van der Waals surface area contributed by atoms with Crippen LogP contribution >= 0.6 is 0 Å². The van der Waals surface area contributed by atoms with E-state index in [4.69, 9.17) is 9.98 Å². The Kier molecular flexibility index (Phi) is 5.43. The number of hydrogen-bond donors (Lipinski definition) is 2. The van der Waals surface area contributed by atoms with Crippen molar-refractivity contribution in [1.82, 2.24) is 9.97 Å². The average molecular weight is 521 g/mol. The van der Waals surface area contributed by atoms with E-state index in [1.807, 2.05) is 0 Å². The minimum Gasteiger partial charge on any atom is -0.358 e. The van der Waals surface area contributed by atoms with Gasteiger partial charge in [0.2, 0.25) is 0 Å². The van der Waals surface area contributed by atoms with Crippen LogP contribution in [0, 0.1) is 5.41 Å². The van der Waals surface area contributed by atoms with Gasteiger partial charge in [0.15, 0.2) is 0 Å². The molecule has 2 N–H and O–H groups in total. The maximum Gasteiger partial charge on any atom is 0.0733 e. The highest BCUT2D eigenvalue weighted by molar-refractivity contribution is 6.22. The van der Waals surface area contributed by atoms with Gasteiger partial charge in [-0.2, -0.15) is 0 Å². The highest BCUT2D eigenvalue weighted by Gasteiger charge is 2.34. The summed E-state index contributed by atoms with van der Waals surface area (Å²) in [4.78, 5) is 18.0. The molecule has 7 rings (SSSR count). The lowest BCUT2D eigenvalue weighted by atomic mass is 9.82. The number of nitrogens with one attached hydrogen (secondary N) is 2. The largest absolute Gasteiger partial charge is 0.358 e. The molecule has 0 unspecified atom stereocenters. The second kappa shape index (κ2) is 8.92. The van der Waals surface area contributed by atoms with E-state index in [1.54, 1.807) is 0 Å². The number of nitrogens with zero attached hydrogens (tertiary/aromatic N) is 2. The van der Waals surface area contributed by atoms with Crippen molar-refractivity contribution in [3.05, 3.63) is 155 Å². The molecule has 2 aromatic heterocycles. The number of aromatic amines is 2. The molecule has 2 aromatic carbocycles. The molecule has 0 saturated heterocycles. The van der Waals surface area contributed by atoms with Crippen LogP contribution in [0.1, 0.15) is 61.6 Å². The van der Waals surface area contributed by atoms with Gasteiger partial charge in [0.1, 0.15) is 0 Å². The summed E-state index contributed by atoms with van der Waals surface area (Å²) in [5.41, 5.74) is 12.1. The molecule has 4 aromatic rings. The fourth-order valence-corrected chi connectivity index (χ4v) is 5.88.